The summed E-state index contributed by atoms with van der Waals surface area (Å²) in [6.45, 7) is 4.41. The Morgan fingerprint density at radius 1 is 0.913 bits per heavy atom. The lowest BCUT2D eigenvalue weighted by Crippen LogP contribution is -2.20. The Morgan fingerprint density at radius 3 is 1.70 bits per heavy atom. The Labute approximate surface area is 137 Å². The van der Waals surface area contributed by atoms with Crippen LogP contribution in [-0.4, -0.2) is 19.1 Å². The van der Waals surface area contributed by atoms with Crippen LogP contribution < -0.4 is 5.73 Å². The molecule has 1 atom stereocenters. The lowest BCUT2D eigenvalue weighted by Gasteiger charge is -2.00. The average molecular weight is 325 g/mol. The Balaban J connectivity index is 0.000000407. The molecule has 0 spiro atoms. The molecule has 0 bridgehead atoms. The highest BCUT2D eigenvalue weighted by atomic mass is 19.3. The van der Waals surface area contributed by atoms with Gasteiger partial charge in [-0.1, -0.05) is 67.1 Å². The van der Waals surface area contributed by atoms with Crippen molar-refractivity contribution >= 4 is 0 Å². The molecule has 0 aliphatic carbocycles. The predicted octanol–water partition coefficient (Wildman–Crippen LogP) is 5.63. The third kappa shape index (κ3) is 11.4. The molecule has 0 saturated heterocycles. The Hall–Kier alpha value is -1.81. The van der Waals surface area contributed by atoms with Crippen molar-refractivity contribution in [2.45, 2.75) is 39.7 Å². The van der Waals surface area contributed by atoms with Crippen molar-refractivity contribution in [3.05, 3.63) is 60.2 Å². The van der Waals surface area contributed by atoms with Crippen molar-refractivity contribution < 1.29 is 13.2 Å². The van der Waals surface area contributed by atoms with Crippen LogP contribution in [0.2, 0.25) is 0 Å². The second-order valence-electron chi connectivity index (χ2n) is 5.07. The number of hydrogen-bond acceptors (Lipinski definition) is 1. The van der Waals surface area contributed by atoms with Crippen LogP contribution in [0.5, 0.6) is 0 Å². The standard InChI is InChI=1S/C13H12.C4H10FN.C2H4F2/c1-11-7-9-13(10-8-11)12-5-3-2-4-6-12;1-2-4(6)3-5;1-2(3)4/h2-10H,1H3;4H,2-3,6H2,1H3;2H,1H3. The lowest BCUT2D eigenvalue weighted by molar-refractivity contribution is 0.171. The van der Waals surface area contributed by atoms with Crippen molar-refractivity contribution in [2.24, 2.45) is 5.73 Å². The van der Waals surface area contributed by atoms with E-state index in [1.807, 2.05) is 13.0 Å². The van der Waals surface area contributed by atoms with Crippen LogP contribution in [0.25, 0.3) is 11.1 Å². The van der Waals surface area contributed by atoms with E-state index in [9.17, 15) is 13.2 Å². The van der Waals surface area contributed by atoms with Crippen molar-refractivity contribution in [2.75, 3.05) is 6.67 Å². The van der Waals surface area contributed by atoms with Gasteiger partial charge < -0.3 is 5.73 Å². The number of alkyl halides is 3. The molecule has 0 saturated carbocycles. The zero-order chi connectivity index (χ0) is 17.7. The fraction of sp³-hybridized carbons (Fsp3) is 0.368. The van der Waals surface area contributed by atoms with Crippen molar-refractivity contribution in [3.8, 4) is 11.1 Å². The number of aryl methyl sites for hydroxylation is 1. The number of hydrogen-bond donors (Lipinski definition) is 1. The second-order valence-corrected chi connectivity index (χ2v) is 5.07. The van der Waals surface area contributed by atoms with Gasteiger partial charge in [0, 0.05) is 6.04 Å². The zero-order valence-electron chi connectivity index (χ0n) is 14.0. The molecule has 0 heterocycles. The molecule has 0 fully saturated rings. The van der Waals surface area contributed by atoms with E-state index in [-0.39, 0.29) is 6.04 Å². The highest BCUT2D eigenvalue weighted by molar-refractivity contribution is 5.63. The van der Waals surface area contributed by atoms with Gasteiger partial charge in [0.2, 0.25) is 6.43 Å². The van der Waals surface area contributed by atoms with E-state index in [4.69, 9.17) is 5.73 Å². The number of halogens is 3. The van der Waals surface area contributed by atoms with Gasteiger partial charge >= 0.3 is 0 Å². The van der Waals surface area contributed by atoms with Crippen LogP contribution in [0, 0.1) is 6.92 Å². The third-order valence-electron chi connectivity index (χ3n) is 2.88. The van der Waals surface area contributed by atoms with Gasteiger partial charge in [-0.05, 0) is 31.4 Å². The monoisotopic (exact) mass is 325 g/mol. The van der Waals surface area contributed by atoms with E-state index in [0.29, 0.717) is 0 Å². The van der Waals surface area contributed by atoms with E-state index < -0.39 is 13.1 Å². The molecule has 0 aliphatic heterocycles. The minimum atomic E-state index is -2.17. The minimum Gasteiger partial charge on any atom is -0.325 e. The molecular weight excluding hydrogens is 299 g/mol. The molecule has 0 aromatic heterocycles. The topological polar surface area (TPSA) is 26.0 Å². The maximum Gasteiger partial charge on any atom is 0.235 e. The summed E-state index contributed by atoms with van der Waals surface area (Å²) in [5.74, 6) is 0. The van der Waals surface area contributed by atoms with Gasteiger partial charge in [0.25, 0.3) is 0 Å². The summed E-state index contributed by atoms with van der Waals surface area (Å²) in [4.78, 5) is 0. The first kappa shape index (κ1) is 21.2. The minimum absolute atomic E-state index is 0.231. The number of nitrogens with two attached hydrogens (primary N) is 1. The van der Waals surface area contributed by atoms with E-state index in [2.05, 4.69) is 55.5 Å². The molecule has 0 aliphatic rings. The van der Waals surface area contributed by atoms with Crippen LogP contribution in [-0.2, 0) is 0 Å². The molecule has 0 amide bonds. The zero-order valence-corrected chi connectivity index (χ0v) is 14.0. The molecule has 23 heavy (non-hydrogen) atoms. The summed E-state index contributed by atoms with van der Waals surface area (Å²) in [7, 11) is 0. The normalized spacial score (nSPS) is 11.0. The molecular formula is C19H26F3N. The molecule has 1 nitrogen and oxygen atoms in total. The molecule has 2 aromatic carbocycles. The van der Waals surface area contributed by atoms with Crippen LogP contribution in [0.4, 0.5) is 13.2 Å². The summed E-state index contributed by atoms with van der Waals surface area (Å²) in [6, 6.07) is 18.8. The Kier molecular flexibility index (Phi) is 11.7. The molecule has 128 valence electrons. The molecule has 1 unspecified atom stereocenters. The van der Waals surface area contributed by atoms with Crippen LogP contribution >= 0.6 is 0 Å². The smallest absolute Gasteiger partial charge is 0.235 e. The molecule has 4 heteroatoms. The highest BCUT2D eigenvalue weighted by Gasteiger charge is 1.94. The fourth-order valence-electron chi connectivity index (χ4n) is 1.49. The summed E-state index contributed by atoms with van der Waals surface area (Å²) < 4.78 is 31.9. The second kappa shape index (κ2) is 12.7. The molecule has 2 aromatic rings. The van der Waals surface area contributed by atoms with Crippen LogP contribution in [0.15, 0.2) is 54.6 Å². The van der Waals surface area contributed by atoms with Crippen LogP contribution in [0.3, 0.4) is 0 Å². The summed E-state index contributed by atoms with van der Waals surface area (Å²) in [5.41, 5.74) is 8.97. The van der Waals surface area contributed by atoms with Gasteiger partial charge in [-0.25, -0.2) is 13.2 Å². The summed E-state index contributed by atoms with van der Waals surface area (Å²) in [6.07, 6.45) is -1.43. The van der Waals surface area contributed by atoms with Gasteiger partial charge in [0.15, 0.2) is 0 Å². The summed E-state index contributed by atoms with van der Waals surface area (Å²) >= 11 is 0. The van der Waals surface area contributed by atoms with Gasteiger partial charge in [-0.3, -0.25) is 0 Å². The molecule has 2 N–H and O–H groups in total. The predicted molar refractivity (Wildman–Crippen MR) is 92.5 cm³/mol. The maximum absolute atomic E-state index is 11.3. The average Bonchev–Trinajstić information content (AvgIpc) is 2.55. The first-order chi connectivity index (χ1) is 10.9. The van der Waals surface area contributed by atoms with Crippen molar-refractivity contribution in [3.63, 3.8) is 0 Å². The van der Waals surface area contributed by atoms with Gasteiger partial charge in [0.1, 0.15) is 6.67 Å². The quantitative estimate of drug-likeness (QED) is 0.778. The third-order valence-corrected chi connectivity index (χ3v) is 2.88. The SMILES string of the molecule is CC(F)F.CCC(N)CF.Cc1ccc(-c2ccccc2)cc1. The van der Waals surface area contributed by atoms with E-state index >= 15 is 0 Å². The molecule has 0 radical (unpaired) electrons. The maximum atomic E-state index is 11.3. The van der Waals surface area contributed by atoms with E-state index in [1.165, 1.54) is 16.7 Å². The van der Waals surface area contributed by atoms with Crippen LogP contribution in [0.1, 0.15) is 25.8 Å². The first-order valence-corrected chi connectivity index (χ1v) is 7.62. The van der Waals surface area contributed by atoms with Gasteiger partial charge in [-0.2, -0.15) is 0 Å². The van der Waals surface area contributed by atoms with Crippen molar-refractivity contribution in [1.29, 1.82) is 0 Å². The highest BCUT2D eigenvalue weighted by Crippen LogP contribution is 2.18. The van der Waals surface area contributed by atoms with Crippen molar-refractivity contribution in [1.82, 2.24) is 0 Å². The van der Waals surface area contributed by atoms with E-state index in [1.54, 1.807) is 0 Å². The first-order valence-electron chi connectivity index (χ1n) is 7.62. The number of rotatable bonds is 3. The number of benzene rings is 2. The molecule has 2 rings (SSSR count). The van der Waals surface area contributed by atoms with Gasteiger partial charge in [-0.15, -0.1) is 0 Å². The largest absolute Gasteiger partial charge is 0.325 e. The Morgan fingerprint density at radius 2 is 1.35 bits per heavy atom. The fourth-order valence-corrected chi connectivity index (χ4v) is 1.49. The summed E-state index contributed by atoms with van der Waals surface area (Å²) in [5, 5.41) is 0. The van der Waals surface area contributed by atoms with E-state index in [0.717, 1.165) is 13.3 Å². The Bertz CT molecular complexity index is 491. The lowest BCUT2D eigenvalue weighted by atomic mass is 10.0. The van der Waals surface area contributed by atoms with Gasteiger partial charge in [0.05, 0.1) is 0 Å².